The SMILES string of the molecule is Cc1nn(CCO)c(C)c1CNc1ccc(SC(F)F)cc1. The van der Waals surface area contributed by atoms with Gasteiger partial charge in [0.2, 0.25) is 0 Å². The summed E-state index contributed by atoms with van der Waals surface area (Å²) in [6.45, 7) is 5.03. The third kappa shape index (κ3) is 4.20. The van der Waals surface area contributed by atoms with E-state index in [1.54, 1.807) is 28.9 Å². The Morgan fingerprint density at radius 1 is 1.27 bits per heavy atom. The molecular formula is C15H19F2N3OS. The fourth-order valence-corrected chi connectivity index (χ4v) is 2.75. The van der Waals surface area contributed by atoms with Gasteiger partial charge in [-0.25, -0.2) is 0 Å². The second kappa shape index (κ2) is 7.60. The van der Waals surface area contributed by atoms with E-state index >= 15 is 0 Å². The summed E-state index contributed by atoms with van der Waals surface area (Å²) in [5, 5.41) is 16.7. The molecule has 1 aromatic carbocycles. The average molecular weight is 327 g/mol. The van der Waals surface area contributed by atoms with Crippen LogP contribution in [0.15, 0.2) is 29.2 Å². The number of thioether (sulfide) groups is 1. The Balaban J connectivity index is 2.01. The largest absolute Gasteiger partial charge is 0.394 e. The molecule has 0 amide bonds. The quantitative estimate of drug-likeness (QED) is 0.765. The first-order valence-electron chi connectivity index (χ1n) is 6.93. The van der Waals surface area contributed by atoms with Crippen LogP contribution in [0.1, 0.15) is 17.0 Å². The predicted molar refractivity (Wildman–Crippen MR) is 84.4 cm³/mol. The van der Waals surface area contributed by atoms with Crippen molar-refractivity contribution in [2.75, 3.05) is 11.9 Å². The lowest BCUT2D eigenvalue weighted by molar-refractivity contribution is 0.252. The number of anilines is 1. The first-order valence-corrected chi connectivity index (χ1v) is 7.81. The highest BCUT2D eigenvalue weighted by atomic mass is 32.2. The maximum Gasteiger partial charge on any atom is 0.288 e. The van der Waals surface area contributed by atoms with E-state index in [1.165, 1.54) is 0 Å². The van der Waals surface area contributed by atoms with E-state index in [1.807, 2.05) is 13.8 Å². The molecule has 0 saturated carbocycles. The summed E-state index contributed by atoms with van der Waals surface area (Å²) in [7, 11) is 0. The number of nitrogens with one attached hydrogen (secondary N) is 1. The number of rotatable bonds is 7. The summed E-state index contributed by atoms with van der Waals surface area (Å²) in [5.41, 5.74) is 3.89. The van der Waals surface area contributed by atoms with Gasteiger partial charge in [-0.1, -0.05) is 11.8 Å². The summed E-state index contributed by atoms with van der Waals surface area (Å²) < 4.78 is 26.3. The topological polar surface area (TPSA) is 50.1 Å². The smallest absolute Gasteiger partial charge is 0.288 e. The summed E-state index contributed by atoms with van der Waals surface area (Å²) in [6.07, 6.45) is 0. The molecule has 2 aromatic rings. The molecule has 0 saturated heterocycles. The van der Waals surface area contributed by atoms with Gasteiger partial charge >= 0.3 is 0 Å². The van der Waals surface area contributed by atoms with E-state index in [2.05, 4.69) is 10.4 Å². The minimum atomic E-state index is -2.40. The van der Waals surface area contributed by atoms with Crippen molar-refractivity contribution in [3.63, 3.8) is 0 Å². The van der Waals surface area contributed by atoms with Crippen molar-refractivity contribution in [3.05, 3.63) is 41.2 Å². The Kier molecular flexibility index (Phi) is 5.79. The zero-order valence-corrected chi connectivity index (χ0v) is 13.3. The number of aromatic nitrogens is 2. The lowest BCUT2D eigenvalue weighted by Crippen LogP contribution is -2.07. The summed E-state index contributed by atoms with van der Waals surface area (Å²) in [5.74, 6) is -2.40. The first-order chi connectivity index (χ1) is 10.5. The maximum absolute atomic E-state index is 12.3. The van der Waals surface area contributed by atoms with Crippen molar-refractivity contribution in [2.45, 2.75) is 37.6 Å². The van der Waals surface area contributed by atoms with Crippen LogP contribution in [-0.4, -0.2) is 27.3 Å². The van der Waals surface area contributed by atoms with Crippen molar-refractivity contribution in [1.82, 2.24) is 9.78 Å². The molecule has 0 fully saturated rings. The zero-order chi connectivity index (χ0) is 16.1. The molecule has 120 valence electrons. The average Bonchev–Trinajstić information content (AvgIpc) is 2.73. The van der Waals surface area contributed by atoms with Gasteiger partial charge in [-0.15, -0.1) is 0 Å². The number of benzene rings is 1. The van der Waals surface area contributed by atoms with Crippen LogP contribution < -0.4 is 5.32 Å². The van der Waals surface area contributed by atoms with Crippen LogP contribution >= 0.6 is 11.8 Å². The fraction of sp³-hybridized carbons (Fsp3) is 0.400. The Hall–Kier alpha value is -1.60. The van der Waals surface area contributed by atoms with Crippen molar-refractivity contribution in [3.8, 4) is 0 Å². The Labute approximate surface area is 132 Å². The number of aliphatic hydroxyl groups excluding tert-OH is 1. The van der Waals surface area contributed by atoms with Crippen LogP contribution in [0.25, 0.3) is 0 Å². The molecule has 0 aliphatic heterocycles. The highest BCUT2D eigenvalue weighted by Crippen LogP contribution is 2.26. The summed E-state index contributed by atoms with van der Waals surface area (Å²) in [6, 6.07) is 6.92. The number of hydrogen-bond donors (Lipinski definition) is 2. The fourth-order valence-electron chi connectivity index (χ4n) is 2.25. The number of nitrogens with zero attached hydrogens (tertiary/aromatic N) is 2. The van der Waals surface area contributed by atoms with Crippen LogP contribution in [0.2, 0.25) is 0 Å². The molecule has 0 aliphatic carbocycles. The monoisotopic (exact) mass is 327 g/mol. The van der Waals surface area contributed by atoms with Gasteiger partial charge in [-0.3, -0.25) is 4.68 Å². The molecule has 0 spiro atoms. The van der Waals surface area contributed by atoms with Gasteiger partial charge in [-0.2, -0.15) is 13.9 Å². The van der Waals surface area contributed by atoms with Crippen molar-refractivity contribution >= 4 is 17.4 Å². The van der Waals surface area contributed by atoms with E-state index in [0.717, 1.165) is 22.6 Å². The molecule has 22 heavy (non-hydrogen) atoms. The van der Waals surface area contributed by atoms with Gasteiger partial charge in [0.25, 0.3) is 5.76 Å². The van der Waals surface area contributed by atoms with Crippen LogP contribution in [0.4, 0.5) is 14.5 Å². The predicted octanol–water partition coefficient (Wildman–Crippen LogP) is 3.42. The minimum Gasteiger partial charge on any atom is -0.394 e. The third-order valence-corrected chi connectivity index (χ3v) is 4.11. The molecule has 0 aliphatic rings. The Bertz CT molecular complexity index is 614. The number of halogens is 2. The van der Waals surface area contributed by atoms with Gasteiger partial charge in [0.15, 0.2) is 0 Å². The Morgan fingerprint density at radius 2 is 1.95 bits per heavy atom. The molecule has 0 atom stereocenters. The van der Waals surface area contributed by atoms with Crippen LogP contribution in [0.3, 0.4) is 0 Å². The van der Waals surface area contributed by atoms with Gasteiger partial charge in [0, 0.05) is 28.4 Å². The molecule has 1 aromatic heterocycles. The van der Waals surface area contributed by atoms with Crippen molar-refractivity contribution in [1.29, 1.82) is 0 Å². The van der Waals surface area contributed by atoms with Gasteiger partial charge in [0.05, 0.1) is 18.8 Å². The number of aliphatic hydroxyl groups is 1. The number of aryl methyl sites for hydroxylation is 1. The molecule has 0 unspecified atom stereocenters. The molecule has 1 heterocycles. The molecule has 2 rings (SSSR count). The van der Waals surface area contributed by atoms with Gasteiger partial charge in [-0.05, 0) is 38.1 Å². The first kappa shape index (κ1) is 16.8. The number of alkyl halides is 2. The second-order valence-electron chi connectivity index (χ2n) is 4.85. The summed E-state index contributed by atoms with van der Waals surface area (Å²) in [4.78, 5) is 0.545. The van der Waals surface area contributed by atoms with Crippen molar-refractivity contribution in [2.24, 2.45) is 0 Å². The highest BCUT2D eigenvalue weighted by molar-refractivity contribution is 7.99. The van der Waals surface area contributed by atoms with Crippen molar-refractivity contribution < 1.29 is 13.9 Å². The van der Waals surface area contributed by atoms with Crippen LogP contribution in [0, 0.1) is 13.8 Å². The second-order valence-corrected chi connectivity index (χ2v) is 5.92. The minimum absolute atomic E-state index is 0.0537. The lowest BCUT2D eigenvalue weighted by atomic mass is 10.2. The van der Waals surface area contributed by atoms with Gasteiger partial charge in [0.1, 0.15) is 0 Å². The summed E-state index contributed by atoms with van der Waals surface area (Å²) >= 11 is 0.537. The van der Waals surface area contributed by atoms with E-state index in [-0.39, 0.29) is 6.61 Å². The molecular weight excluding hydrogens is 308 g/mol. The van der Waals surface area contributed by atoms with Gasteiger partial charge < -0.3 is 10.4 Å². The molecule has 2 N–H and O–H groups in total. The standard InChI is InChI=1S/C15H19F2N3OS/c1-10-14(11(2)20(19-10)7-8-21)9-18-12-3-5-13(6-4-12)22-15(16)17/h3-6,15,18,21H,7-9H2,1-2H3. The molecule has 4 nitrogen and oxygen atoms in total. The molecule has 0 bridgehead atoms. The maximum atomic E-state index is 12.3. The molecule has 0 radical (unpaired) electrons. The van der Waals surface area contributed by atoms with E-state index in [0.29, 0.717) is 29.7 Å². The van der Waals surface area contributed by atoms with E-state index < -0.39 is 5.76 Å². The van der Waals surface area contributed by atoms with Crippen LogP contribution in [-0.2, 0) is 13.1 Å². The lowest BCUT2D eigenvalue weighted by Gasteiger charge is -2.08. The third-order valence-electron chi connectivity index (χ3n) is 3.39. The Morgan fingerprint density at radius 3 is 2.55 bits per heavy atom. The van der Waals surface area contributed by atoms with E-state index in [4.69, 9.17) is 5.11 Å². The normalized spacial score (nSPS) is 11.2. The molecule has 7 heteroatoms. The van der Waals surface area contributed by atoms with Crippen LogP contribution in [0.5, 0.6) is 0 Å². The zero-order valence-electron chi connectivity index (χ0n) is 12.5. The van der Waals surface area contributed by atoms with E-state index in [9.17, 15) is 8.78 Å². The number of hydrogen-bond acceptors (Lipinski definition) is 4. The highest BCUT2D eigenvalue weighted by Gasteiger charge is 2.11.